The molecule has 76 valence electrons. The van der Waals surface area contributed by atoms with Gasteiger partial charge in [-0.1, -0.05) is 30.3 Å². The monoisotopic (exact) mass is 207 g/mol. The minimum absolute atomic E-state index is 1.01. The van der Waals surface area contributed by atoms with E-state index < -0.39 is 0 Å². The molecule has 0 spiro atoms. The molecule has 0 fully saturated rings. The minimum atomic E-state index is 1.01. The molecule has 2 heteroatoms. The van der Waals surface area contributed by atoms with E-state index in [1.807, 2.05) is 48.8 Å². The maximum atomic E-state index is 4.35. The normalized spacial score (nSPS) is 10.5. The third kappa shape index (κ3) is 1.44. The summed E-state index contributed by atoms with van der Waals surface area (Å²) in [6.45, 7) is 0. The van der Waals surface area contributed by atoms with E-state index in [0.29, 0.717) is 0 Å². The Bertz CT molecular complexity index is 612. The first-order valence-corrected chi connectivity index (χ1v) is 5.26. The van der Waals surface area contributed by atoms with E-state index in [4.69, 9.17) is 0 Å². The van der Waals surface area contributed by atoms with Crippen molar-refractivity contribution in [3.63, 3.8) is 0 Å². The topological polar surface area (TPSA) is 16.8 Å². The second-order valence-electron chi connectivity index (χ2n) is 3.62. The van der Waals surface area contributed by atoms with E-state index in [1.54, 1.807) is 0 Å². The highest BCUT2D eigenvalue weighted by Gasteiger charge is 2.10. The third-order valence-electron chi connectivity index (χ3n) is 2.60. The maximum Gasteiger partial charge on any atom is 0.236 e. The van der Waals surface area contributed by atoms with Crippen molar-refractivity contribution in [1.82, 2.24) is 4.98 Å². The minimum Gasteiger partial charge on any atom is -0.244 e. The summed E-state index contributed by atoms with van der Waals surface area (Å²) < 4.78 is 2.14. The Morgan fingerprint density at radius 2 is 1.56 bits per heavy atom. The first-order valence-electron chi connectivity index (χ1n) is 5.26. The second kappa shape index (κ2) is 3.74. The van der Waals surface area contributed by atoms with Gasteiger partial charge < -0.3 is 0 Å². The number of benzene rings is 2. The molecule has 0 radical (unpaired) electrons. The fourth-order valence-electron chi connectivity index (χ4n) is 1.85. The molecule has 1 aromatic heterocycles. The summed E-state index contributed by atoms with van der Waals surface area (Å²) in [5.41, 5.74) is 3.28. The van der Waals surface area contributed by atoms with Gasteiger partial charge in [-0.15, -0.1) is 0 Å². The standard InChI is InChI=1S/C14H11N2/c1-2-6-12(7-3-1)16-11-10-15-13-8-4-5-9-14(13)16/h1-11H/q+1. The predicted molar refractivity (Wildman–Crippen MR) is 63.3 cm³/mol. The van der Waals surface area contributed by atoms with Crippen molar-refractivity contribution in [3.05, 3.63) is 67.0 Å². The van der Waals surface area contributed by atoms with E-state index in [0.717, 1.165) is 16.7 Å². The van der Waals surface area contributed by atoms with Gasteiger partial charge in [0.25, 0.3) is 0 Å². The molecule has 3 rings (SSSR count). The van der Waals surface area contributed by atoms with Crippen molar-refractivity contribution >= 4 is 11.0 Å². The largest absolute Gasteiger partial charge is 0.244 e. The average molecular weight is 207 g/mol. The van der Waals surface area contributed by atoms with Crippen LogP contribution in [0.4, 0.5) is 0 Å². The molecular formula is C14H11N2+. The Labute approximate surface area is 93.8 Å². The highest BCUT2D eigenvalue weighted by molar-refractivity contribution is 5.70. The molecule has 16 heavy (non-hydrogen) atoms. The van der Waals surface area contributed by atoms with Crippen LogP contribution >= 0.6 is 0 Å². The predicted octanol–water partition coefficient (Wildman–Crippen LogP) is 2.51. The lowest BCUT2D eigenvalue weighted by molar-refractivity contribution is -0.567. The molecular weight excluding hydrogens is 196 g/mol. The molecule has 3 aromatic rings. The fourth-order valence-corrected chi connectivity index (χ4v) is 1.85. The zero-order chi connectivity index (χ0) is 10.8. The first-order chi connectivity index (χ1) is 7.95. The zero-order valence-electron chi connectivity index (χ0n) is 8.75. The number of hydrogen-bond donors (Lipinski definition) is 0. The molecule has 0 saturated heterocycles. The smallest absolute Gasteiger partial charge is 0.236 e. The van der Waals surface area contributed by atoms with Crippen molar-refractivity contribution in [2.75, 3.05) is 0 Å². The van der Waals surface area contributed by atoms with Crippen LogP contribution < -0.4 is 4.57 Å². The second-order valence-corrected chi connectivity index (χ2v) is 3.62. The molecule has 2 aromatic carbocycles. The number of para-hydroxylation sites is 3. The van der Waals surface area contributed by atoms with Gasteiger partial charge in [-0.2, -0.15) is 4.57 Å². The van der Waals surface area contributed by atoms with Crippen LogP contribution in [0.2, 0.25) is 0 Å². The summed E-state index contributed by atoms with van der Waals surface area (Å²) in [4.78, 5) is 4.35. The van der Waals surface area contributed by atoms with Gasteiger partial charge in [-0.05, 0) is 6.07 Å². The Balaban J connectivity index is 2.32. The Morgan fingerprint density at radius 1 is 0.812 bits per heavy atom. The van der Waals surface area contributed by atoms with Gasteiger partial charge in [0.15, 0.2) is 6.20 Å². The maximum absolute atomic E-state index is 4.35. The van der Waals surface area contributed by atoms with E-state index in [2.05, 4.69) is 27.8 Å². The molecule has 0 aliphatic heterocycles. The van der Waals surface area contributed by atoms with Gasteiger partial charge in [-0.3, -0.25) is 0 Å². The number of fused-ring (bicyclic) bond motifs is 1. The molecule has 0 unspecified atom stereocenters. The van der Waals surface area contributed by atoms with Crippen molar-refractivity contribution in [3.8, 4) is 5.69 Å². The van der Waals surface area contributed by atoms with Crippen LogP contribution in [-0.2, 0) is 0 Å². The van der Waals surface area contributed by atoms with Gasteiger partial charge in [0.1, 0.15) is 5.52 Å². The summed E-state index contributed by atoms with van der Waals surface area (Å²) in [5.74, 6) is 0. The molecule has 0 atom stereocenters. The Morgan fingerprint density at radius 3 is 2.44 bits per heavy atom. The van der Waals surface area contributed by atoms with Crippen LogP contribution in [0.5, 0.6) is 0 Å². The Hall–Kier alpha value is -2.22. The first kappa shape index (κ1) is 9.04. The fraction of sp³-hybridized carbons (Fsp3) is 0. The van der Waals surface area contributed by atoms with Crippen LogP contribution in [0.3, 0.4) is 0 Å². The summed E-state index contributed by atoms with van der Waals surface area (Å²) in [6, 6.07) is 18.4. The number of nitrogens with zero attached hydrogens (tertiary/aromatic N) is 2. The molecule has 0 amide bonds. The van der Waals surface area contributed by atoms with E-state index in [1.165, 1.54) is 0 Å². The van der Waals surface area contributed by atoms with Crippen LogP contribution in [0, 0.1) is 0 Å². The summed E-state index contributed by atoms with van der Waals surface area (Å²) in [7, 11) is 0. The molecule has 0 bridgehead atoms. The van der Waals surface area contributed by atoms with E-state index >= 15 is 0 Å². The number of aromatic nitrogens is 2. The quantitative estimate of drug-likeness (QED) is 0.560. The van der Waals surface area contributed by atoms with Crippen LogP contribution in [0.1, 0.15) is 0 Å². The SMILES string of the molecule is c1ccc(-[n+]2ccnc3ccccc32)cc1. The Kier molecular flexibility index (Phi) is 2.11. The van der Waals surface area contributed by atoms with Gasteiger partial charge >= 0.3 is 0 Å². The summed E-state index contributed by atoms with van der Waals surface area (Å²) in [6.07, 6.45) is 3.81. The highest BCUT2D eigenvalue weighted by atomic mass is 15.0. The summed E-state index contributed by atoms with van der Waals surface area (Å²) in [5, 5.41) is 0. The molecule has 0 N–H and O–H groups in total. The van der Waals surface area contributed by atoms with Gasteiger partial charge in [0.05, 0.1) is 6.20 Å². The lowest BCUT2D eigenvalue weighted by Crippen LogP contribution is -2.31. The molecule has 0 aliphatic rings. The van der Waals surface area contributed by atoms with Gasteiger partial charge in [0.2, 0.25) is 11.2 Å². The van der Waals surface area contributed by atoms with Crippen molar-refractivity contribution < 1.29 is 4.57 Å². The van der Waals surface area contributed by atoms with Gasteiger partial charge in [0, 0.05) is 18.2 Å². The molecule has 0 saturated carbocycles. The third-order valence-corrected chi connectivity index (χ3v) is 2.60. The van der Waals surface area contributed by atoms with Crippen LogP contribution in [0.25, 0.3) is 16.7 Å². The van der Waals surface area contributed by atoms with E-state index in [-0.39, 0.29) is 0 Å². The lowest BCUT2D eigenvalue weighted by atomic mass is 10.2. The van der Waals surface area contributed by atoms with Crippen LogP contribution in [-0.4, -0.2) is 4.98 Å². The van der Waals surface area contributed by atoms with E-state index in [9.17, 15) is 0 Å². The molecule has 2 nitrogen and oxygen atoms in total. The number of rotatable bonds is 1. The highest BCUT2D eigenvalue weighted by Crippen LogP contribution is 2.07. The molecule has 0 aliphatic carbocycles. The molecule has 1 heterocycles. The van der Waals surface area contributed by atoms with Gasteiger partial charge in [-0.25, -0.2) is 4.98 Å². The van der Waals surface area contributed by atoms with Crippen LogP contribution in [0.15, 0.2) is 67.0 Å². The summed E-state index contributed by atoms with van der Waals surface area (Å²) >= 11 is 0. The zero-order valence-corrected chi connectivity index (χ0v) is 8.75. The lowest BCUT2D eigenvalue weighted by Gasteiger charge is -1.98. The average Bonchev–Trinajstić information content (AvgIpc) is 2.39. The number of hydrogen-bond acceptors (Lipinski definition) is 1. The van der Waals surface area contributed by atoms with Crippen molar-refractivity contribution in [2.45, 2.75) is 0 Å². The van der Waals surface area contributed by atoms with Crippen molar-refractivity contribution in [2.24, 2.45) is 0 Å². The van der Waals surface area contributed by atoms with Crippen molar-refractivity contribution in [1.29, 1.82) is 0 Å².